The van der Waals surface area contributed by atoms with Crippen molar-refractivity contribution in [2.75, 3.05) is 6.54 Å². The number of nitrogens with two attached hydrogens (primary N) is 1. The molecule has 4 heteroatoms. The number of unbranched alkanes of at least 4 members (excludes halogenated alkanes) is 1. The zero-order valence-corrected chi connectivity index (χ0v) is 12.1. The van der Waals surface area contributed by atoms with E-state index < -0.39 is 0 Å². The molecule has 0 bridgehead atoms. The highest BCUT2D eigenvalue weighted by molar-refractivity contribution is 5.82. The molecular formula is C16H22N2O2. The maximum Gasteiger partial charge on any atom is 0.258 e. The molecule has 2 rings (SSSR count). The van der Waals surface area contributed by atoms with Crippen molar-refractivity contribution < 1.29 is 4.74 Å². The highest BCUT2D eigenvalue weighted by Gasteiger charge is 2.05. The molecule has 4 nitrogen and oxygen atoms in total. The van der Waals surface area contributed by atoms with Gasteiger partial charge in [-0.05, 0) is 62.9 Å². The standard InChI is InChI=1S/C16H22N2O2/c1-12(2)20-14-5-6-15-13(11-14)7-10-18(16(15)19)9-4-3-8-17/h5-7,10-12H,3-4,8-9,17H2,1-2H3. The Morgan fingerprint density at radius 3 is 2.75 bits per heavy atom. The number of nitrogens with zero attached hydrogens (tertiary/aromatic N) is 1. The first kappa shape index (κ1) is 14.6. The molecule has 0 amide bonds. The number of ether oxygens (including phenoxy) is 1. The minimum Gasteiger partial charge on any atom is -0.491 e. The Labute approximate surface area is 119 Å². The second-order valence-corrected chi connectivity index (χ2v) is 5.23. The Bertz CT molecular complexity index is 632. The number of hydrogen-bond acceptors (Lipinski definition) is 3. The van der Waals surface area contributed by atoms with Crippen LogP contribution in [0.3, 0.4) is 0 Å². The summed E-state index contributed by atoms with van der Waals surface area (Å²) >= 11 is 0. The minimum absolute atomic E-state index is 0.0515. The fourth-order valence-corrected chi connectivity index (χ4v) is 2.21. The van der Waals surface area contributed by atoms with Crippen molar-refractivity contribution in [2.24, 2.45) is 5.73 Å². The van der Waals surface area contributed by atoms with Crippen LogP contribution in [0.4, 0.5) is 0 Å². The van der Waals surface area contributed by atoms with E-state index in [1.807, 2.05) is 44.3 Å². The lowest BCUT2D eigenvalue weighted by atomic mass is 10.1. The fraction of sp³-hybridized carbons (Fsp3) is 0.438. The topological polar surface area (TPSA) is 57.2 Å². The highest BCUT2D eigenvalue weighted by atomic mass is 16.5. The average Bonchev–Trinajstić information content (AvgIpc) is 2.41. The van der Waals surface area contributed by atoms with Gasteiger partial charge in [0.15, 0.2) is 0 Å². The van der Waals surface area contributed by atoms with Crippen molar-refractivity contribution in [1.82, 2.24) is 4.57 Å². The van der Waals surface area contributed by atoms with Gasteiger partial charge in [0.05, 0.1) is 6.10 Å². The first-order valence-corrected chi connectivity index (χ1v) is 7.11. The molecule has 0 spiro atoms. The third-order valence-electron chi connectivity index (χ3n) is 3.17. The van der Waals surface area contributed by atoms with Crippen LogP contribution in [0.1, 0.15) is 26.7 Å². The van der Waals surface area contributed by atoms with Crippen LogP contribution in [-0.4, -0.2) is 17.2 Å². The monoisotopic (exact) mass is 274 g/mol. The van der Waals surface area contributed by atoms with E-state index in [1.165, 1.54) is 0 Å². The minimum atomic E-state index is 0.0515. The normalized spacial score (nSPS) is 11.2. The molecule has 1 aromatic carbocycles. The van der Waals surface area contributed by atoms with Crippen LogP contribution in [0.2, 0.25) is 0 Å². The number of aromatic nitrogens is 1. The van der Waals surface area contributed by atoms with Crippen LogP contribution in [0, 0.1) is 0 Å². The van der Waals surface area contributed by atoms with E-state index in [1.54, 1.807) is 4.57 Å². The molecule has 0 aliphatic heterocycles. The van der Waals surface area contributed by atoms with Gasteiger partial charge in [-0.1, -0.05) is 0 Å². The highest BCUT2D eigenvalue weighted by Crippen LogP contribution is 2.19. The summed E-state index contributed by atoms with van der Waals surface area (Å²) in [5.41, 5.74) is 5.53. The van der Waals surface area contributed by atoms with E-state index >= 15 is 0 Å². The van der Waals surface area contributed by atoms with Crippen LogP contribution in [0.5, 0.6) is 5.75 Å². The fourth-order valence-electron chi connectivity index (χ4n) is 2.21. The molecule has 0 saturated heterocycles. The molecule has 2 aromatic rings. The van der Waals surface area contributed by atoms with E-state index in [0.29, 0.717) is 6.54 Å². The van der Waals surface area contributed by atoms with Crippen molar-refractivity contribution in [3.8, 4) is 5.75 Å². The van der Waals surface area contributed by atoms with Gasteiger partial charge >= 0.3 is 0 Å². The summed E-state index contributed by atoms with van der Waals surface area (Å²) in [6, 6.07) is 7.58. The molecule has 0 radical (unpaired) electrons. The summed E-state index contributed by atoms with van der Waals surface area (Å²) in [5, 5.41) is 1.65. The van der Waals surface area contributed by atoms with Crippen molar-refractivity contribution in [3.63, 3.8) is 0 Å². The third-order valence-corrected chi connectivity index (χ3v) is 3.17. The predicted octanol–water partition coefficient (Wildman–Crippen LogP) is 2.53. The summed E-state index contributed by atoms with van der Waals surface area (Å²) in [7, 11) is 0. The van der Waals surface area contributed by atoms with Crippen LogP contribution < -0.4 is 16.0 Å². The smallest absolute Gasteiger partial charge is 0.258 e. The zero-order chi connectivity index (χ0) is 14.5. The molecule has 108 valence electrons. The average molecular weight is 274 g/mol. The number of aryl methyl sites for hydroxylation is 1. The Balaban J connectivity index is 2.30. The van der Waals surface area contributed by atoms with Crippen LogP contribution in [0.15, 0.2) is 35.3 Å². The Hall–Kier alpha value is -1.81. The maximum atomic E-state index is 12.3. The molecule has 0 fully saturated rings. The number of rotatable bonds is 6. The van der Waals surface area contributed by atoms with E-state index in [2.05, 4.69) is 0 Å². The molecule has 2 N–H and O–H groups in total. The van der Waals surface area contributed by atoms with Crippen molar-refractivity contribution in [1.29, 1.82) is 0 Å². The van der Waals surface area contributed by atoms with Gasteiger partial charge in [-0.25, -0.2) is 0 Å². The van der Waals surface area contributed by atoms with Crippen molar-refractivity contribution in [3.05, 3.63) is 40.8 Å². The lowest BCUT2D eigenvalue weighted by Gasteiger charge is -2.11. The second-order valence-electron chi connectivity index (χ2n) is 5.23. The van der Waals surface area contributed by atoms with Crippen LogP contribution in [0.25, 0.3) is 10.8 Å². The summed E-state index contributed by atoms with van der Waals surface area (Å²) in [5.74, 6) is 0.799. The summed E-state index contributed by atoms with van der Waals surface area (Å²) in [6.45, 7) is 5.35. The number of hydrogen-bond donors (Lipinski definition) is 1. The van der Waals surface area contributed by atoms with Gasteiger partial charge in [0, 0.05) is 18.1 Å². The molecule has 0 aliphatic carbocycles. The Morgan fingerprint density at radius 2 is 2.05 bits per heavy atom. The number of pyridine rings is 1. The first-order chi connectivity index (χ1) is 9.61. The largest absolute Gasteiger partial charge is 0.491 e. The molecular weight excluding hydrogens is 252 g/mol. The molecule has 0 aliphatic rings. The molecule has 0 unspecified atom stereocenters. The molecule has 0 atom stereocenters. The second kappa shape index (κ2) is 6.57. The van der Waals surface area contributed by atoms with Crippen molar-refractivity contribution in [2.45, 2.75) is 39.3 Å². The maximum absolute atomic E-state index is 12.3. The SMILES string of the molecule is CC(C)Oc1ccc2c(=O)n(CCCCN)ccc2c1. The molecule has 1 heterocycles. The quantitative estimate of drug-likeness (QED) is 0.823. The molecule has 1 aromatic heterocycles. The molecule has 0 saturated carbocycles. The first-order valence-electron chi connectivity index (χ1n) is 7.11. The number of benzene rings is 1. The van der Waals surface area contributed by atoms with Crippen molar-refractivity contribution >= 4 is 10.8 Å². The van der Waals surface area contributed by atoms with Crippen LogP contribution >= 0.6 is 0 Å². The van der Waals surface area contributed by atoms with Gasteiger partial charge in [0.1, 0.15) is 5.75 Å². The van der Waals surface area contributed by atoms with Gasteiger partial charge in [0.2, 0.25) is 0 Å². The van der Waals surface area contributed by atoms with E-state index in [-0.39, 0.29) is 11.7 Å². The van der Waals surface area contributed by atoms with Gasteiger partial charge in [-0.15, -0.1) is 0 Å². The lowest BCUT2D eigenvalue weighted by molar-refractivity contribution is 0.243. The van der Waals surface area contributed by atoms with Gasteiger partial charge in [-0.2, -0.15) is 0 Å². The Morgan fingerprint density at radius 1 is 1.25 bits per heavy atom. The van der Waals surface area contributed by atoms with E-state index in [4.69, 9.17) is 10.5 Å². The van der Waals surface area contributed by atoms with Gasteiger partial charge in [0.25, 0.3) is 5.56 Å². The van der Waals surface area contributed by atoms with E-state index in [0.717, 1.165) is 35.9 Å². The summed E-state index contributed by atoms with van der Waals surface area (Å²) in [6.07, 6.45) is 3.84. The molecule has 20 heavy (non-hydrogen) atoms. The summed E-state index contributed by atoms with van der Waals surface area (Å²) in [4.78, 5) is 12.3. The predicted molar refractivity (Wildman–Crippen MR) is 82.3 cm³/mol. The van der Waals surface area contributed by atoms with Gasteiger partial charge in [-0.3, -0.25) is 4.79 Å². The zero-order valence-electron chi connectivity index (χ0n) is 12.1. The lowest BCUT2D eigenvalue weighted by Crippen LogP contribution is -2.20. The Kier molecular flexibility index (Phi) is 4.79. The third kappa shape index (κ3) is 3.39. The van der Waals surface area contributed by atoms with Crippen LogP contribution in [-0.2, 0) is 6.54 Å². The van der Waals surface area contributed by atoms with E-state index in [9.17, 15) is 4.79 Å². The summed E-state index contributed by atoms with van der Waals surface area (Å²) < 4.78 is 7.40. The number of fused-ring (bicyclic) bond motifs is 1. The van der Waals surface area contributed by atoms with Gasteiger partial charge < -0.3 is 15.0 Å².